The molecule has 0 aromatic heterocycles. The second-order valence-corrected chi connectivity index (χ2v) is 7.61. The molecule has 144 valence electrons. The van der Waals surface area contributed by atoms with E-state index in [1.165, 1.54) is 0 Å². The molecule has 3 aromatic rings. The highest BCUT2D eigenvalue weighted by atomic mass is 79.9. The topological polar surface area (TPSA) is 41.9 Å². The van der Waals surface area contributed by atoms with Gasteiger partial charge in [0, 0.05) is 4.47 Å². The number of nitrogens with zero attached hydrogens (tertiary/aromatic N) is 2. The molecular weight excluding hydrogens is 428 g/mol. The number of amides is 1. The van der Waals surface area contributed by atoms with Gasteiger partial charge < -0.3 is 4.74 Å². The Bertz CT molecular complexity index is 1130. The molecule has 4 nitrogen and oxygen atoms in total. The highest BCUT2D eigenvalue weighted by Crippen LogP contribution is 2.31. The second kappa shape index (κ2) is 8.05. The Balaban J connectivity index is 1.86. The van der Waals surface area contributed by atoms with E-state index >= 15 is 0 Å². The monoisotopic (exact) mass is 446 g/mol. The van der Waals surface area contributed by atoms with Gasteiger partial charge in [0.1, 0.15) is 11.4 Å². The zero-order valence-electron chi connectivity index (χ0n) is 16.1. The molecular formula is C24H19BrN2O2. The van der Waals surface area contributed by atoms with Crippen LogP contribution >= 0.6 is 15.9 Å². The third-order valence-electron chi connectivity index (χ3n) is 4.64. The Morgan fingerprint density at radius 1 is 1.00 bits per heavy atom. The molecule has 1 heterocycles. The quantitative estimate of drug-likeness (QED) is 0.489. The van der Waals surface area contributed by atoms with Crippen molar-refractivity contribution in [2.24, 2.45) is 4.99 Å². The minimum atomic E-state index is -0.167. The van der Waals surface area contributed by atoms with Crippen molar-refractivity contribution in [2.75, 3.05) is 12.0 Å². The Morgan fingerprint density at radius 2 is 1.76 bits per heavy atom. The number of anilines is 1. The first-order valence-electron chi connectivity index (χ1n) is 9.17. The minimum absolute atomic E-state index is 0.167. The molecule has 1 aliphatic rings. The first kappa shape index (κ1) is 19.2. The Kier molecular flexibility index (Phi) is 5.32. The summed E-state index contributed by atoms with van der Waals surface area (Å²) in [4.78, 5) is 19.7. The van der Waals surface area contributed by atoms with Crippen LogP contribution in [0.2, 0.25) is 0 Å². The largest absolute Gasteiger partial charge is 0.496 e. The van der Waals surface area contributed by atoms with Crippen molar-refractivity contribution in [3.8, 4) is 5.75 Å². The van der Waals surface area contributed by atoms with E-state index in [1.54, 1.807) is 18.1 Å². The maximum Gasteiger partial charge on any atom is 0.282 e. The highest BCUT2D eigenvalue weighted by Gasteiger charge is 2.33. The second-order valence-electron chi connectivity index (χ2n) is 6.70. The number of benzene rings is 3. The lowest BCUT2D eigenvalue weighted by Gasteiger charge is -2.20. The number of hydrogen-bond acceptors (Lipinski definition) is 3. The lowest BCUT2D eigenvalue weighted by molar-refractivity contribution is -0.113. The molecule has 0 fully saturated rings. The number of amidine groups is 1. The summed E-state index contributed by atoms with van der Waals surface area (Å²) in [5, 5.41) is 0. The summed E-state index contributed by atoms with van der Waals surface area (Å²) in [6.45, 7) is 2.00. The number of carbonyl (C=O) groups is 1. The van der Waals surface area contributed by atoms with Gasteiger partial charge in [0.15, 0.2) is 5.84 Å². The lowest BCUT2D eigenvalue weighted by Crippen LogP contribution is -2.32. The van der Waals surface area contributed by atoms with Gasteiger partial charge in [-0.05, 0) is 60.5 Å². The summed E-state index contributed by atoms with van der Waals surface area (Å²) in [6.07, 6.45) is 1.81. The number of rotatable bonds is 4. The van der Waals surface area contributed by atoms with Gasteiger partial charge in [-0.2, -0.15) is 0 Å². The van der Waals surface area contributed by atoms with Gasteiger partial charge in [0.2, 0.25) is 0 Å². The summed E-state index contributed by atoms with van der Waals surface area (Å²) in [5.74, 6) is 1.06. The third kappa shape index (κ3) is 3.87. The smallest absolute Gasteiger partial charge is 0.282 e. The SMILES string of the molecule is COc1ccccc1C1=N/C(=C/c2ccc(Br)cc2)C(=O)N1c1cccc(C)c1. The number of hydrogen-bond donors (Lipinski definition) is 0. The van der Waals surface area contributed by atoms with Crippen LogP contribution in [-0.4, -0.2) is 18.9 Å². The van der Waals surface area contributed by atoms with E-state index in [0.29, 0.717) is 17.3 Å². The van der Waals surface area contributed by atoms with E-state index in [0.717, 1.165) is 26.9 Å². The molecule has 0 N–H and O–H groups in total. The Morgan fingerprint density at radius 3 is 2.48 bits per heavy atom. The molecule has 3 aromatic carbocycles. The molecule has 4 rings (SSSR count). The molecule has 0 radical (unpaired) electrons. The van der Waals surface area contributed by atoms with E-state index in [2.05, 4.69) is 15.9 Å². The van der Waals surface area contributed by atoms with Crippen molar-refractivity contribution >= 4 is 39.4 Å². The zero-order valence-corrected chi connectivity index (χ0v) is 17.7. The third-order valence-corrected chi connectivity index (χ3v) is 5.17. The predicted octanol–water partition coefficient (Wildman–Crippen LogP) is 5.60. The summed E-state index contributed by atoms with van der Waals surface area (Å²) in [5.41, 5.74) is 3.91. The summed E-state index contributed by atoms with van der Waals surface area (Å²) in [6, 6.07) is 23.2. The number of halogens is 1. The van der Waals surface area contributed by atoms with Gasteiger partial charge in [-0.1, -0.05) is 52.3 Å². The molecule has 0 saturated carbocycles. The molecule has 0 unspecified atom stereocenters. The fraction of sp³-hybridized carbons (Fsp3) is 0.0833. The van der Waals surface area contributed by atoms with Crippen LogP contribution in [0.1, 0.15) is 16.7 Å². The maximum atomic E-state index is 13.4. The van der Waals surface area contributed by atoms with Gasteiger partial charge in [-0.25, -0.2) is 4.99 Å². The van der Waals surface area contributed by atoms with Crippen LogP contribution in [0.25, 0.3) is 6.08 Å². The van der Waals surface area contributed by atoms with Crippen LogP contribution in [0.3, 0.4) is 0 Å². The van der Waals surface area contributed by atoms with Crippen LogP contribution in [0.15, 0.2) is 88.0 Å². The van der Waals surface area contributed by atoms with Crippen molar-refractivity contribution in [1.82, 2.24) is 0 Å². The minimum Gasteiger partial charge on any atom is -0.496 e. The fourth-order valence-electron chi connectivity index (χ4n) is 3.25. The Labute approximate surface area is 178 Å². The number of aliphatic imine (C=N–C) groups is 1. The van der Waals surface area contributed by atoms with E-state index in [4.69, 9.17) is 9.73 Å². The van der Waals surface area contributed by atoms with Gasteiger partial charge in [-0.15, -0.1) is 0 Å². The van der Waals surface area contributed by atoms with Crippen molar-refractivity contribution < 1.29 is 9.53 Å². The fourth-order valence-corrected chi connectivity index (χ4v) is 3.51. The Hall–Kier alpha value is -3.18. The molecule has 0 bridgehead atoms. The summed E-state index contributed by atoms with van der Waals surface area (Å²) in [7, 11) is 1.62. The van der Waals surface area contributed by atoms with Crippen LogP contribution in [0.4, 0.5) is 5.69 Å². The molecule has 0 spiro atoms. The van der Waals surface area contributed by atoms with Crippen molar-refractivity contribution in [1.29, 1.82) is 0 Å². The number of methoxy groups -OCH3 is 1. The van der Waals surface area contributed by atoms with Gasteiger partial charge >= 0.3 is 0 Å². The van der Waals surface area contributed by atoms with Crippen molar-refractivity contribution in [3.05, 3.63) is 99.7 Å². The van der Waals surface area contributed by atoms with Gasteiger partial charge in [0.05, 0.1) is 18.4 Å². The average Bonchev–Trinajstić information content (AvgIpc) is 3.05. The summed E-state index contributed by atoms with van der Waals surface area (Å²) < 4.78 is 6.51. The molecule has 1 amide bonds. The lowest BCUT2D eigenvalue weighted by atomic mass is 10.1. The van der Waals surface area contributed by atoms with Crippen molar-refractivity contribution in [2.45, 2.75) is 6.92 Å². The molecule has 5 heteroatoms. The molecule has 0 atom stereocenters. The van der Waals surface area contributed by atoms with E-state index < -0.39 is 0 Å². The van der Waals surface area contributed by atoms with E-state index in [9.17, 15) is 4.79 Å². The number of para-hydroxylation sites is 1. The molecule has 29 heavy (non-hydrogen) atoms. The predicted molar refractivity (Wildman–Crippen MR) is 120 cm³/mol. The highest BCUT2D eigenvalue weighted by molar-refractivity contribution is 9.10. The number of aryl methyl sites for hydroxylation is 1. The molecule has 0 aliphatic carbocycles. The first-order chi connectivity index (χ1) is 14.1. The number of ether oxygens (including phenoxy) is 1. The van der Waals surface area contributed by atoms with Crippen LogP contribution in [-0.2, 0) is 4.79 Å². The average molecular weight is 447 g/mol. The maximum absolute atomic E-state index is 13.4. The zero-order chi connectivity index (χ0) is 20.4. The molecule has 1 aliphatic heterocycles. The van der Waals surface area contributed by atoms with Crippen LogP contribution < -0.4 is 9.64 Å². The van der Waals surface area contributed by atoms with Gasteiger partial charge in [-0.3, -0.25) is 9.69 Å². The van der Waals surface area contributed by atoms with Gasteiger partial charge in [0.25, 0.3) is 5.91 Å². The van der Waals surface area contributed by atoms with E-state index in [1.807, 2.05) is 79.7 Å². The van der Waals surface area contributed by atoms with E-state index in [-0.39, 0.29) is 5.91 Å². The van der Waals surface area contributed by atoms with Crippen LogP contribution in [0.5, 0.6) is 5.75 Å². The standard InChI is InChI=1S/C24H19BrN2O2/c1-16-6-5-7-19(14-16)27-23(20-8-3-4-9-22(20)29-2)26-21(24(27)28)15-17-10-12-18(25)13-11-17/h3-15H,1-2H3/b21-15+. The first-order valence-corrected chi connectivity index (χ1v) is 9.96. The van der Waals surface area contributed by atoms with Crippen molar-refractivity contribution in [3.63, 3.8) is 0 Å². The number of carbonyl (C=O) groups excluding carboxylic acids is 1. The normalized spacial score (nSPS) is 15.0. The molecule has 0 saturated heterocycles. The summed E-state index contributed by atoms with van der Waals surface area (Å²) >= 11 is 3.44. The van der Waals surface area contributed by atoms with Crippen LogP contribution in [0, 0.1) is 6.92 Å².